The number of halogens is 1. The van der Waals surface area contributed by atoms with Gasteiger partial charge in [0.05, 0.1) is 17.5 Å². The normalized spacial score (nSPS) is 12.4. The first-order chi connectivity index (χ1) is 8.76. The van der Waals surface area contributed by atoms with Crippen molar-refractivity contribution in [2.24, 2.45) is 5.73 Å². The van der Waals surface area contributed by atoms with Crippen LogP contribution >= 0.6 is 11.6 Å². The van der Waals surface area contributed by atoms with E-state index in [2.05, 4.69) is 9.97 Å². The second-order valence-electron chi connectivity index (χ2n) is 3.89. The Morgan fingerprint density at radius 2 is 2.33 bits per heavy atom. The van der Waals surface area contributed by atoms with E-state index in [1.165, 1.54) is 0 Å². The number of ether oxygens (including phenoxy) is 1. The Balaban J connectivity index is 2.30. The molecule has 3 N–H and O–H groups in total. The summed E-state index contributed by atoms with van der Waals surface area (Å²) in [6.07, 6.45) is 3.50. The van der Waals surface area contributed by atoms with E-state index in [-0.39, 0.29) is 5.92 Å². The van der Waals surface area contributed by atoms with Gasteiger partial charge in [-0.2, -0.15) is 0 Å². The van der Waals surface area contributed by atoms with E-state index in [1.54, 1.807) is 12.4 Å². The van der Waals surface area contributed by atoms with Gasteiger partial charge in [0.2, 0.25) is 0 Å². The standard InChI is InChI=1S/C13H16ClN3O/c1-2-18-12-4-3-9(7-11(12)14)10(8-15)13-16-5-6-17-13/h3-7,10H,2,8,15H2,1H3,(H,16,17). The van der Waals surface area contributed by atoms with Gasteiger partial charge in [0, 0.05) is 18.9 Å². The number of benzene rings is 1. The molecule has 0 aliphatic heterocycles. The average Bonchev–Trinajstić information content (AvgIpc) is 2.87. The van der Waals surface area contributed by atoms with Crippen LogP contribution in [0, 0.1) is 0 Å². The van der Waals surface area contributed by atoms with Crippen LogP contribution in [0.5, 0.6) is 5.75 Å². The first kappa shape index (κ1) is 12.9. The molecule has 2 aromatic rings. The highest BCUT2D eigenvalue weighted by Crippen LogP contribution is 2.30. The molecule has 0 fully saturated rings. The quantitative estimate of drug-likeness (QED) is 0.873. The third-order valence-electron chi connectivity index (χ3n) is 2.74. The summed E-state index contributed by atoms with van der Waals surface area (Å²) in [4.78, 5) is 7.32. The van der Waals surface area contributed by atoms with Crippen LogP contribution in [0.15, 0.2) is 30.6 Å². The zero-order valence-electron chi connectivity index (χ0n) is 10.2. The van der Waals surface area contributed by atoms with Crippen LogP contribution in [0.3, 0.4) is 0 Å². The van der Waals surface area contributed by atoms with E-state index in [1.807, 2.05) is 25.1 Å². The fraction of sp³-hybridized carbons (Fsp3) is 0.308. The molecular formula is C13H16ClN3O. The van der Waals surface area contributed by atoms with E-state index < -0.39 is 0 Å². The van der Waals surface area contributed by atoms with E-state index in [4.69, 9.17) is 22.1 Å². The topological polar surface area (TPSA) is 63.9 Å². The number of hydrogen-bond acceptors (Lipinski definition) is 3. The van der Waals surface area contributed by atoms with Crippen molar-refractivity contribution in [2.45, 2.75) is 12.8 Å². The van der Waals surface area contributed by atoms with Crippen molar-refractivity contribution in [3.63, 3.8) is 0 Å². The number of nitrogens with two attached hydrogens (primary N) is 1. The SMILES string of the molecule is CCOc1ccc(C(CN)c2ncc[nH]2)cc1Cl. The highest BCUT2D eigenvalue weighted by molar-refractivity contribution is 6.32. The van der Waals surface area contributed by atoms with Crippen molar-refractivity contribution in [1.29, 1.82) is 0 Å². The van der Waals surface area contributed by atoms with E-state index >= 15 is 0 Å². The molecule has 0 bridgehead atoms. The van der Waals surface area contributed by atoms with Crippen molar-refractivity contribution >= 4 is 11.6 Å². The van der Waals surface area contributed by atoms with Gasteiger partial charge in [0.15, 0.2) is 0 Å². The maximum absolute atomic E-state index is 6.17. The second-order valence-corrected chi connectivity index (χ2v) is 4.29. The minimum absolute atomic E-state index is 0.0215. The molecule has 2 rings (SSSR count). The Bertz CT molecular complexity index is 499. The molecule has 5 heteroatoms. The van der Waals surface area contributed by atoms with E-state index in [9.17, 15) is 0 Å². The van der Waals surface area contributed by atoms with Gasteiger partial charge in [0.1, 0.15) is 11.6 Å². The smallest absolute Gasteiger partial charge is 0.137 e. The molecular weight excluding hydrogens is 250 g/mol. The summed E-state index contributed by atoms with van der Waals surface area (Å²) < 4.78 is 5.41. The summed E-state index contributed by atoms with van der Waals surface area (Å²) in [6, 6.07) is 5.72. The van der Waals surface area contributed by atoms with Crippen LogP contribution in [-0.2, 0) is 0 Å². The number of H-pyrrole nitrogens is 1. The Hall–Kier alpha value is -1.52. The molecule has 1 aromatic carbocycles. The lowest BCUT2D eigenvalue weighted by atomic mass is 9.98. The molecule has 1 atom stereocenters. The first-order valence-corrected chi connectivity index (χ1v) is 6.25. The molecule has 4 nitrogen and oxygen atoms in total. The van der Waals surface area contributed by atoms with Crippen LogP contribution in [0.25, 0.3) is 0 Å². The molecule has 0 aliphatic carbocycles. The summed E-state index contributed by atoms with van der Waals surface area (Å²) >= 11 is 6.17. The summed E-state index contributed by atoms with van der Waals surface area (Å²) in [7, 11) is 0. The van der Waals surface area contributed by atoms with Crippen molar-refractivity contribution in [3.8, 4) is 5.75 Å². The van der Waals surface area contributed by atoms with Crippen LogP contribution in [0.2, 0.25) is 5.02 Å². The molecule has 1 aromatic heterocycles. The highest BCUT2D eigenvalue weighted by atomic mass is 35.5. The Kier molecular flexibility index (Phi) is 4.23. The number of nitrogens with zero attached hydrogens (tertiary/aromatic N) is 1. The van der Waals surface area contributed by atoms with Crippen LogP contribution in [0.1, 0.15) is 24.2 Å². The number of aromatic amines is 1. The molecule has 0 radical (unpaired) electrons. The predicted molar refractivity (Wildman–Crippen MR) is 72.1 cm³/mol. The number of rotatable bonds is 5. The van der Waals surface area contributed by atoms with Gasteiger partial charge in [-0.3, -0.25) is 0 Å². The molecule has 0 spiro atoms. The number of aromatic nitrogens is 2. The predicted octanol–water partition coefficient (Wildman–Crippen LogP) is 2.55. The van der Waals surface area contributed by atoms with Crippen molar-refractivity contribution in [2.75, 3.05) is 13.2 Å². The Morgan fingerprint density at radius 1 is 1.50 bits per heavy atom. The molecule has 1 unspecified atom stereocenters. The zero-order chi connectivity index (χ0) is 13.0. The molecule has 18 heavy (non-hydrogen) atoms. The number of nitrogens with one attached hydrogen (secondary N) is 1. The lowest BCUT2D eigenvalue weighted by molar-refractivity contribution is 0.340. The van der Waals surface area contributed by atoms with Gasteiger partial charge in [0.25, 0.3) is 0 Å². The second kappa shape index (κ2) is 5.89. The third kappa shape index (κ3) is 2.66. The maximum atomic E-state index is 6.17. The first-order valence-electron chi connectivity index (χ1n) is 5.87. The lowest BCUT2D eigenvalue weighted by Gasteiger charge is -2.14. The third-order valence-corrected chi connectivity index (χ3v) is 3.04. The number of imidazole rings is 1. The lowest BCUT2D eigenvalue weighted by Crippen LogP contribution is -2.15. The van der Waals surface area contributed by atoms with Gasteiger partial charge >= 0.3 is 0 Å². The van der Waals surface area contributed by atoms with E-state index in [0.29, 0.717) is 23.9 Å². The van der Waals surface area contributed by atoms with Gasteiger partial charge in [-0.25, -0.2) is 4.98 Å². The fourth-order valence-electron chi connectivity index (χ4n) is 1.88. The van der Waals surface area contributed by atoms with Crippen molar-refractivity contribution in [1.82, 2.24) is 9.97 Å². The highest BCUT2D eigenvalue weighted by Gasteiger charge is 2.16. The average molecular weight is 266 g/mol. The molecule has 1 heterocycles. The fourth-order valence-corrected chi connectivity index (χ4v) is 2.12. The van der Waals surface area contributed by atoms with Crippen LogP contribution in [-0.4, -0.2) is 23.1 Å². The summed E-state index contributed by atoms with van der Waals surface area (Å²) in [5.74, 6) is 1.56. The molecule has 0 aliphatic rings. The Morgan fingerprint density at radius 3 is 2.89 bits per heavy atom. The monoisotopic (exact) mass is 265 g/mol. The Labute approximate surface area is 111 Å². The van der Waals surface area contributed by atoms with Gasteiger partial charge in [-0.05, 0) is 24.6 Å². The number of hydrogen-bond donors (Lipinski definition) is 2. The molecule has 0 saturated carbocycles. The maximum Gasteiger partial charge on any atom is 0.137 e. The van der Waals surface area contributed by atoms with Gasteiger partial charge < -0.3 is 15.5 Å². The summed E-state index contributed by atoms with van der Waals surface area (Å²) in [5, 5.41) is 0.597. The zero-order valence-corrected chi connectivity index (χ0v) is 10.9. The summed E-state index contributed by atoms with van der Waals surface area (Å²) in [6.45, 7) is 2.99. The van der Waals surface area contributed by atoms with Gasteiger partial charge in [-0.15, -0.1) is 0 Å². The van der Waals surface area contributed by atoms with Crippen LogP contribution < -0.4 is 10.5 Å². The molecule has 0 amide bonds. The largest absolute Gasteiger partial charge is 0.492 e. The van der Waals surface area contributed by atoms with Gasteiger partial charge in [-0.1, -0.05) is 17.7 Å². The van der Waals surface area contributed by atoms with Crippen molar-refractivity contribution in [3.05, 3.63) is 47.0 Å². The minimum Gasteiger partial charge on any atom is -0.492 e. The minimum atomic E-state index is 0.0215. The molecule has 0 saturated heterocycles. The van der Waals surface area contributed by atoms with E-state index in [0.717, 1.165) is 11.4 Å². The summed E-state index contributed by atoms with van der Waals surface area (Å²) in [5.41, 5.74) is 6.84. The molecule has 96 valence electrons. The van der Waals surface area contributed by atoms with Crippen molar-refractivity contribution < 1.29 is 4.74 Å². The van der Waals surface area contributed by atoms with Crippen LogP contribution in [0.4, 0.5) is 0 Å².